The molecule has 1 N–H and O–H groups in total. The highest BCUT2D eigenvalue weighted by Gasteiger charge is 2.22. The number of carbonyl (C=O) groups is 1. The zero-order valence-corrected chi connectivity index (χ0v) is 18.7. The molecule has 6 nitrogen and oxygen atoms in total. The molecule has 1 aromatic carbocycles. The average Bonchev–Trinajstić information content (AvgIpc) is 3.13. The summed E-state index contributed by atoms with van der Waals surface area (Å²) in [4.78, 5) is 34.4. The number of rotatable bonds is 4. The van der Waals surface area contributed by atoms with Crippen LogP contribution in [-0.2, 0) is 25.9 Å². The Bertz CT molecular complexity index is 1180. The molecule has 0 saturated carbocycles. The number of hydrogen-bond donors (Lipinski definition) is 1. The van der Waals surface area contributed by atoms with Gasteiger partial charge in [-0.15, -0.1) is 11.3 Å². The molecule has 0 aliphatic carbocycles. The van der Waals surface area contributed by atoms with Crippen LogP contribution in [0.5, 0.6) is 0 Å². The van der Waals surface area contributed by atoms with Crippen molar-refractivity contribution in [2.75, 3.05) is 13.1 Å². The molecule has 0 radical (unpaired) electrons. The van der Waals surface area contributed by atoms with Crippen molar-refractivity contribution in [3.63, 3.8) is 0 Å². The first-order valence-electron chi connectivity index (χ1n) is 11.2. The van der Waals surface area contributed by atoms with E-state index in [4.69, 9.17) is 4.98 Å². The molecular formula is C24H28N4O2S. The SMILES string of the molecule is CC(CNC(=O)c1ccc2c(=O)n3c(nc2c1)CCCCC3)N1CCc2sccc2C1. The van der Waals surface area contributed by atoms with Crippen LogP contribution in [0.3, 0.4) is 0 Å². The smallest absolute Gasteiger partial charge is 0.261 e. The molecular weight excluding hydrogens is 408 g/mol. The number of thiophene rings is 1. The van der Waals surface area contributed by atoms with Crippen molar-refractivity contribution in [2.45, 2.75) is 58.2 Å². The number of benzene rings is 1. The van der Waals surface area contributed by atoms with Gasteiger partial charge in [-0.2, -0.15) is 0 Å². The predicted octanol–water partition coefficient (Wildman–Crippen LogP) is 3.36. The Labute approximate surface area is 185 Å². The number of hydrogen-bond acceptors (Lipinski definition) is 5. The third kappa shape index (κ3) is 4.04. The highest BCUT2D eigenvalue weighted by Crippen LogP contribution is 2.25. The highest BCUT2D eigenvalue weighted by atomic mass is 32.1. The van der Waals surface area contributed by atoms with Crippen LogP contribution in [0.2, 0.25) is 0 Å². The zero-order valence-electron chi connectivity index (χ0n) is 17.9. The number of fused-ring (bicyclic) bond motifs is 3. The Morgan fingerprint density at radius 2 is 2.10 bits per heavy atom. The second kappa shape index (κ2) is 8.55. The van der Waals surface area contributed by atoms with Crippen molar-refractivity contribution in [1.29, 1.82) is 0 Å². The number of aromatic nitrogens is 2. The van der Waals surface area contributed by atoms with Crippen LogP contribution in [0.15, 0.2) is 34.4 Å². The van der Waals surface area contributed by atoms with Crippen LogP contribution in [-0.4, -0.2) is 39.5 Å². The van der Waals surface area contributed by atoms with Gasteiger partial charge in [0.05, 0.1) is 10.9 Å². The van der Waals surface area contributed by atoms with Crippen LogP contribution >= 0.6 is 11.3 Å². The van der Waals surface area contributed by atoms with Gasteiger partial charge >= 0.3 is 0 Å². The summed E-state index contributed by atoms with van der Waals surface area (Å²) >= 11 is 1.84. The quantitative estimate of drug-likeness (QED) is 0.681. The fourth-order valence-electron chi connectivity index (χ4n) is 4.68. The predicted molar refractivity (Wildman–Crippen MR) is 124 cm³/mol. The standard InChI is InChI=1S/C24H28N4O2S/c1-16(27-11-8-21-18(15-27)9-12-31-21)14-25-23(29)17-6-7-19-20(13-17)26-22-5-3-2-4-10-28(22)24(19)30/h6-7,9,12-13,16H,2-5,8,10-11,14-15H2,1H3,(H,25,29). The van der Waals surface area contributed by atoms with Crippen molar-refractivity contribution in [3.05, 3.63) is 61.8 Å². The lowest BCUT2D eigenvalue weighted by Crippen LogP contribution is -2.44. The first kappa shape index (κ1) is 20.4. The summed E-state index contributed by atoms with van der Waals surface area (Å²) in [6, 6.07) is 7.73. The van der Waals surface area contributed by atoms with Crippen molar-refractivity contribution >= 4 is 28.1 Å². The second-order valence-corrected chi connectivity index (χ2v) is 9.68. The molecule has 1 amide bonds. The molecule has 1 unspecified atom stereocenters. The van der Waals surface area contributed by atoms with Crippen LogP contribution in [0, 0.1) is 0 Å². The van der Waals surface area contributed by atoms with Gasteiger partial charge in [0.2, 0.25) is 0 Å². The monoisotopic (exact) mass is 436 g/mol. The van der Waals surface area contributed by atoms with Gasteiger partial charge in [-0.25, -0.2) is 4.98 Å². The van der Waals surface area contributed by atoms with Gasteiger partial charge in [-0.05, 0) is 61.4 Å². The summed E-state index contributed by atoms with van der Waals surface area (Å²) in [7, 11) is 0. The van der Waals surface area contributed by atoms with E-state index in [0.717, 1.165) is 57.6 Å². The van der Waals surface area contributed by atoms with Crippen molar-refractivity contribution in [3.8, 4) is 0 Å². The molecule has 31 heavy (non-hydrogen) atoms. The number of nitrogens with zero attached hydrogens (tertiary/aromatic N) is 3. The fraction of sp³-hybridized carbons (Fsp3) is 0.458. The van der Waals surface area contributed by atoms with Crippen LogP contribution in [0.25, 0.3) is 10.9 Å². The van der Waals surface area contributed by atoms with E-state index in [1.165, 1.54) is 10.4 Å². The molecule has 162 valence electrons. The molecule has 0 saturated heterocycles. The molecule has 0 bridgehead atoms. The van der Waals surface area contributed by atoms with Crippen LogP contribution < -0.4 is 10.9 Å². The minimum Gasteiger partial charge on any atom is -0.350 e. The molecule has 2 aromatic heterocycles. The van der Waals surface area contributed by atoms with E-state index in [1.54, 1.807) is 18.2 Å². The van der Waals surface area contributed by atoms with Crippen LogP contribution in [0.1, 0.15) is 52.8 Å². The van der Waals surface area contributed by atoms with Gasteiger partial charge in [0.15, 0.2) is 0 Å². The molecule has 2 aliphatic rings. The molecule has 2 aliphatic heterocycles. The number of aryl methyl sites for hydroxylation is 1. The Kier molecular flexibility index (Phi) is 5.63. The summed E-state index contributed by atoms with van der Waals surface area (Å²) < 4.78 is 1.81. The van der Waals surface area contributed by atoms with Crippen molar-refractivity contribution in [2.24, 2.45) is 0 Å². The van der Waals surface area contributed by atoms with E-state index in [2.05, 4.69) is 28.6 Å². The topological polar surface area (TPSA) is 67.2 Å². The lowest BCUT2D eigenvalue weighted by atomic mass is 10.1. The Morgan fingerprint density at radius 1 is 1.19 bits per heavy atom. The first-order chi connectivity index (χ1) is 15.1. The molecule has 1 atom stereocenters. The number of nitrogens with one attached hydrogen (secondary N) is 1. The van der Waals surface area contributed by atoms with Gasteiger partial charge in [0.25, 0.3) is 11.5 Å². The summed E-state index contributed by atoms with van der Waals surface area (Å²) in [6.45, 7) is 5.47. The number of carbonyl (C=O) groups excluding carboxylic acids is 1. The minimum atomic E-state index is -0.112. The number of amides is 1. The third-order valence-electron chi connectivity index (χ3n) is 6.60. The van der Waals surface area contributed by atoms with Gasteiger partial charge < -0.3 is 5.32 Å². The van der Waals surface area contributed by atoms with E-state index >= 15 is 0 Å². The van der Waals surface area contributed by atoms with Gasteiger partial charge in [0.1, 0.15) is 5.82 Å². The normalized spacial score (nSPS) is 17.6. The summed E-state index contributed by atoms with van der Waals surface area (Å²) in [5, 5.41) is 5.84. The van der Waals surface area contributed by atoms with Crippen LogP contribution in [0.4, 0.5) is 0 Å². The zero-order chi connectivity index (χ0) is 21.4. The molecule has 0 fully saturated rings. The molecule has 5 rings (SSSR count). The van der Waals surface area contributed by atoms with Gasteiger partial charge in [0, 0.05) is 49.1 Å². The largest absolute Gasteiger partial charge is 0.350 e. The van der Waals surface area contributed by atoms with Gasteiger partial charge in [-0.3, -0.25) is 19.1 Å². The fourth-order valence-corrected chi connectivity index (χ4v) is 5.57. The van der Waals surface area contributed by atoms with E-state index in [1.807, 2.05) is 15.9 Å². The first-order valence-corrected chi connectivity index (χ1v) is 12.1. The van der Waals surface area contributed by atoms with Gasteiger partial charge in [-0.1, -0.05) is 6.42 Å². The van der Waals surface area contributed by atoms with Crippen molar-refractivity contribution in [1.82, 2.24) is 19.8 Å². The molecule has 4 heterocycles. The molecule has 0 spiro atoms. The minimum absolute atomic E-state index is 0.0142. The summed E-state index contributed by atoms with van der Waals surface area (Å²) in [6.07, 6.45) is 5.10. The molecule has 3 aromatic rings. The van der Waals surface area contributed by atoms with E-state index in [9.17, 15) is 9.59 Å². The summed E-state index contributed by atoms with van der Waals surface area (Å²) in [5.74, 6) is 0.734. The maximum atomic E-state index is 12.9. The Balaban J connectivity index is 1.29. The highest BCUT2D eigenvalue weighted by molar-refractivity contribution is 7.10. The lowest BCUT2D eigenvalue weighted by Gasteiger charge is -2.32. The van der Waals surface area contributed by atoms with E-state index in [0.29, 0.717) is 23.0 Å². The van der Waals surface area contributed by atoms with E-state index in [-0.39, 0.29) is 17.5 Å². The average molecular weight is 437 g/mol. The third-order valence-corrected chi connectivity index (χ3v) is 7.62. The maximum absolute atomic E-state index is 12.9. The Hall–Kier alpha value is -2.51. The lowest BCUT2D eigenvalue weighted by molar-refractivity contribution is 0.0933. The van der Waals surface area contributed by atoms with E-state index < -0.39 is 0 Å². The Morgan fingerprint density at radius 3 is 3.00 bits per heavy atom. The molecule has 7 heteroatoms. The maximum Gasteiger partial charge on any atom is 0.261 e. The summed E-state index contributed by atoms with van der Waals surface area (Å²) in [5.41, 5.74) is 2.62. The second-order valence-electron chi connectivity index (χ2n) is 8.68. The van der Waals surface area contributed by atoms with Crippen molar-refractivity contribution < 1.29 is 4.79 Å².